The molecule has 0 aliphatic carbocycles. The van der Waals surface area contributed by atoms with Crippen LogP contribution in [0.15, 0.2) is 36.9 Å². The molecule has 0 spiro atoms. The Morgan fingerprint density at radius 1 is 1.48 bits per heavy atom. The van der Waals surface area contributed by atoms with Crippen LogP contribution in [0.1, 0.15) is 19.8 Å². The number of carbonyl (C=O) groups excluding carboxylic acids is 1. The van der Waals surface area contributed by atoms with Gasteiger partial charge in [0.15, 0.2) is 0 Å². The largest absolute Gasteiger partial charge is 0.444 e. The summed E-state index contributed by atoms with van der Waals surface area (Å²) in [4.78, 5) is 17.2. The highest BCUT2D eigenvalue weighted by atomic mass is 19.1. The molecule has 0 radical (unpaired) electrons. The molecule has 3 rings (SSSR count). The van der Waals surface area contributed by atoms with E-state index in [1.54, 1.807) is 29.1 Å². The van der Waals surface area contributed by atoms with Crippen molar-refractivity contribution >= 4 is 11.8 Å². The van der Waals surface area contributed by atoms with Gasteiger partial charge in [-0.3, -0.25) is 4.90 Å². The molecule has 0 saturated carbocycles. The van der Waals surface area contributed by atoms with Gasteiger partial charge in [0, 0.05) is 12.4 Å². The number of hydrogen-bond donors (Lipinski definition) is 0. The molecule has 2 heterocycles. The van der Waals surface area contributed by atoms with Crippen LogP contribution in [0.5, 0.6) is 0 Å². The molecular weight excluding hydrogens is 273 g/mol. The van der Waals surface area contributed by atoms with Crippen LogP contribution in [0, 0.1) is 5.82 Å². The fraction of sp³-hybridized carbons (Fsp3) is 0.333. The molecule has 1 aromatic carbocycles. The Balaban J connectivity index is 1.84. The normalized spacial score (nSPS) is 18.1. The van der Waals surface area contributed by atoms with E-state index in [0.717, 1.165) is 12.8 Å². The molecule has 1 aromatic heterocycles. The third-order valence-corrected chi connectivity index (χ3v) is 3.51. The van der Waals surface area contributed by atoms with Crippen LogP contribution in [-0.4, -0.2) is 28.3 Å². The maximum atomic E-state index is 14.2. The molecule has 1 saturated heterocycles. The van der Waals surface area contributed by atoms with E-state index in [2.05, 4.69) is 4.98 Å². The predicted octanol–water partition coefficient (Wildman–Crippen LogP) is 3.14. The minimum Gasteiger partial charge on any atom is -0.444 e. The molecule has 21 heavy (non-hydrogen) atoms. The number of rotatable bonds is 4. The van der Waals surface area contributed by atoms with Gasteiger partial charge in [-0.05, 0) is 24.6 Å². The Hall–Kier alpha value is -2.37. The number of imidazole rings is 1. The summed E-state index contributed by atoms with van der Waals surface area (Å²) in [6.45, 7) is 2.51. The number of nitrogens with zero attached hydrogens (tertiary/aromatic N) is 3. The van der Waals surface area contributed by atoms with Gasteiger partial charge in [0.1, 0.15) is 11.9 Å². The molecule has 0 unspecified atom stereocenters. The lowest BCUT2D eigenvalue weighted by molar-refractivity contribution is 0.136. The Morgan fingerprint density at radius 3 is 3.00 bits per heavy atom. The molecule has 1 fully saturated rings. The lowest BCUT2D eigenvalue weighted by atomic mass is 10.2. The number of cyclic esters (lactones) is 1. The van der Waals surface area contributed by atoms with E-state index in [1.807, 2.05) is 6.92 Å². The summed E-state index contributed by atoms with van der Waals surface area (Å²) in [5.41, 5.74) is 0.911. The van der Waals surface area contributed by atoms with Crippen LogP contribution in [0.4, 0.5) is 14.9 Å². The number of aromatic nitrogens is 2. The molecule has 0 N–H and O–H groups in total. The van der Waals surface area contributed by atoms with Gasteiger partial charge >= 0.3 is 6.09 Å². The molecular formula is C15H16FN3O2. The summed E-state index contributed by atoms with van der Waals surface area (Å²) < 4.78 is 21.1. The third kappa shape index (κ3) is 2.61. The number of carbonyl (C=O) groups is 1. The van der Waals surface area contributed by atoms with Gasteiger partial charge in [-0.1, -0.05) is 13.3 Å². The summed E-state index contributed by atoms with van der Waals surface area (Å²) in [7, 11) is 0. The lowest BCUT2D eigenvalue weighted by Crippen LogP contribution is -2.24. The van der Waals surface area contributed by atoms with Crippen molar-refractivity contribution in [2.24, 2.45) is 0 Å². The van der Waals surface area contributed by atoms with Crippen molar-refractivity contribution in [1.82, 2.24) is 9.55 Å². The molecule has 110 valence electrons. The van der Waals surface area contributed by atoms with E-state index >= 15 is 0 Å². The van der Waals surface area contributed by atoms with Crippen molar-refractivity contribution in [3.05, 3.63) is 42.7 Å². The van der Waals surface area contributed by atoms with Crippen LogP contribution < -0.4 is 4.90 Å². The zero-order valence-corrected chi connectivity index (χ0v) is 11.7. The van der Waals surface area contributed by atoms with E-state index < -0.39 is 11.9 Å². The first kappa shape index (κ1) is 13.6. The van der Waals surface area contributed by atoms with Crippen LogP contribution >= 0.6 is 0 Å². The minimum absolute atomic E-state index is 0.112. The van der Waals surface area contributed by atoms with Gasteiger partial charge in [0.2, 0.25) is 0 Å². The topological polar surface area (TPSA) is 47.4 Å². The summed E-state index contributed by atoms with van der Waals surface area (Å²) in [6, 6.07) is 4.70. The van der Waals surface area contributed by atoms with Crippen molar-refractivity contribution < 1.29 is 13.9 Å². The zero-order valence-electron chi connectivity index (χ0n) is 11.7. The molecule has 5 nitrogen and oxygen atoms in total. The molecule has 1 amide bonds. The van der Waals surface area contributed by atoms with Gasteiger partial charge in [0.05, 0.1) is 24.2 Å². The van der Waals surface area contributed by atoms with Crippen molar-refractivity contribution in [2.45, 2.75) is 25.9 Å². The highest BCUT2D eigenvalue weighted by Crippen LogP contribution is 2.26. The molecule has 2 aromatic rings. The first-order valence-electron chi connectivity index (χ1n) is 6.95. The number of hydrogen-bond acceptors (Lipinski definition) is 3. The van der Waals surface area contributed by atoms with Gasteiger partial charge in [0.25, 0.3) is 0 Å². The summed E-state index contributed by atoms with van der Waals surface area (Å²) >= 11 is 0. The number of amides is 1. The number of anilines is 1. The molecule has 0 bridgehead atoms. The van der Waals surface area contributed by atoms with E-state index in [4.69, 9.17) is 4.74 Å². The Labute approximate surface area is 122 Å². The van der Waals surface area contributed by atoms with Gasteiger partial charge in [-0.25, -0.2) is 14.2 Å². The maximum absolute atomic E-state index is 14.2. The first-order valence-corrected chi connectivity index (χ1v) is 6.95. The summed E-state index contributed by atoms with van der Waals surface area (Å²) in [5.74, 6) is -0.405. The predicted molar refractivity (Wildman–Crippen MR) is 76.0 cm³/mol. The van der Waals surface area contributed by atoms with Crippen molar-refractivity contribution in [2.75, 3.05) is 11.4 Å². The Morgan fingerprint density at radius 2 is 2.33 bits per heavy atom. The van der Waals surface area contributed by atoms with Crippen LogP contribution in [0.25, 0.3) is 5.69 Å². The molecule has 1 atom stereocenters. The SMILES string of the molecule is CCC[C@H]1CN(c2ccc(-n3ccnc3)c(F)c2)C(=O)O1. The first-order chi connectivity index (χ1) is 10.2. The zero-order chi connectivity index (χ0) is 14.8. The Bertz CT molecular complexity index is 642. The fourth-order valence-electron chi connectivity index (χ4n) is 2.48. The second kappa shape index (κ2) is 5.55. The van der Waals surface area contributed by atoms with Gasteiger partial charge < -0.3 is 9.30 Å². The van der Waals surface area contributed by atoms with E-state index in [1.165, 1.54) is 17.3 Å². The highest BCUT2D eigenvalue weighted by Gasteiger charge is 2.32. The average Bonchev–Trinajstić information content (AvgIpc) is 3.09. The third-order valence-electron chi connectivity index (χ3n) is 3.51. The molecule has 1 aliphatic heterocycles. The second-order valence-electron chi connectivity index (χ2n) is 5.01. The van der Waals surface area contributed by atoms with Crippen molar-refractivity contribution in [3.8, 4) is 5.69 Å². The monoisotopic (exact) mass is 289 g/mol. The fourth-order valence-corrected chi connectivity index (χ4v) is 2.48. The molecule has 1 aliphatic rings. The average molecular weight is 289 g/mol. The molecule has 6 heteroatoms. The van der Waals surface area contributed by atoms with Gasteiger partial charge in [-0.2, -0.15) is 0 Å². The van der Waals surface area contributed by atoms with Crippen LogP contribution in [0.3, 0.4) is 0 Å². The standard InChI is InChI=1S/C15H16FN3O2/c1-2-3-12-9-19(15(20)21-12)11-4-5-14(13(16)8-11)18-7-6-17-10-18/h4-8,10,12H,2-3,9H2,1H3/t12-/m0/s1. The summed E-state index contributed by atoms with van der Waals surface area (Å²) in [6.07, 6.45) is 6.01. The quantitative estimate of drug-likeness (QED) is 0.868. The number of halogens is 1. The lowest BCUT2D eigenvalue weighted by Gasteiger charge is -2.14. The summed E-state index contributed by atoms with van der Waals surface area (Å²) in [5, 5.41) is 0. The minimum atomic E-state index is -0.414. The number of ether oxygens (including phenoxy) is 1. The smallest absolute Gasteiger partial charge is 0.414 e. The van der Waals surface area contributed by atoms with Crippen molar-refractivity contribution in [3.63, 3.8) is 0 Å². The van der Waals surface area contributed by atoms with Gasteiger partial charge in [-0.15, -0.1) is 0 Å². The second-order valence-corrected chi connectivity index (χ2v) is 5.01. The van der Waals surface area contributed by atoms with Crippen LogP contribution in [-0.2, 0) is 4.74 Å². The van der Waals surface area contributed by atoms with Crippen molar-refractivity contribution in [1.29, 1.82) is 0 Å². The van der Waals surface area contributed by atoms with E-state index in [9.17, 15) is 9.18 Å². The van der Waals surface area contributed by atoms with E-state index in [0.29, 0.717) is 17.9 Å². The van der Waals surface area contributed by atoms with Crippen LogP contribution in [0.2, 0.25) is 0 Å². The highest BCUT2D eigenvalue weighted by molar-refractivity contribution is 5.89. The maximum Gasteiger partial charge on any atom is 0.414 e. The van der Waals surface area contributed by atoms with E-state index in [-0.39, 0.29) is 6.10 Å². The number of benzene rings is 1. The Kier molecular flexibility index (Phi) is 3.60.